The monoisotopic (exact) mass is 201 g/mol. The van der Waals surface area contributed by atoms with E-state index in [-0.39, 0.29) is 6.61 Å². The van der Waals surface area contributed by atoms with Crippen LogP contribution in [0.3, 0.4) is 0 Å². The molecular formula is C12H11NO2. The topological polar surface area (TPSA) is 42.4 Å². The second-order valence-corrected chi connectivity index (χ2v) is 3.07. The van der Waals surface area contributed by atoms with Crippen molar-refractivity contribution >= 4 is 0 Å². The van der Waals surface area contributed by atoms with Gasteiger partial charge in [-0.1, -0.05) is 18.2 Å². The van der Waals surface area contributed by atoms with Gasteiger partial charge in [0.15, 0.2) is 0 Å². The first-order valence-corrected chi connectivity index (χ1v) is 4.67. The zero-order valence-electron chi connectivity index (χ0n) is 8.13. The van der Waals surface area contributed by atoms with Crippen LogP contribution < -0.4 is 4.74 Å². The van der Waals surface area contributed by atoms with Crippen LogP contribution in [-0.2, 0) is 6.61 Å². The zero-order valence-corrected chi connectivity index (χ0v) is 8.13. The Labute approximate surface area is 88.0 Å². The maximum Gasteiger partial charge on any atom is 0.219 e. The average molecular weight is 201 g/mol. The zero-order chi connectivity index (χ0) is 10.5. The number of rotatable bonds is 3. The first kappa shape index (κ1) is 9.68. The third-order valence-electron chi connectivity index (χ3n) is 1.97. The van der Waals surface area contributed by atoms with Crippen LogP contribution >= 0.6 is 0 Å². The van der Waals surface area contributed by atoms with Crippen molar-refractivity contribution in [2.75, 3.05) is 0 Å². The predicted octanol–water partition coefficient (Wildman–Crippen LogP) is 2.37. The summed E-state index contributed by atoms with van der Waals surface area (Å²) in [6.45, 7) is 0.0455. The fourth-order valence-corrected chi connectivity index (χ4v) is 1.19. The highest BCUT2D eigenvalue weighted by atomic mass is 16.5. The summed E-state index contributed by atoms with van der Waals surface area (Å²) in [7, 11) is 0. The van der Waals surface area contributed by atoms with Crippen molar-refractivity contribution in [2.24, 2.45) is 0 Å². The van der Waals surface area contributed by atoms with E-state index in [1.807, 2.05) is 24.3 Å². The summed E-state index contributed by atoms with van der Waals surface area (Å²) in [6, 6.07) is 12.7. The van der Waals surface area contributed by atoms with Crippen molar-refractivity contribution in [3.63, 3.8) is 0 Å². The Hall–Kier alpha value is -1.87. The van der Waals surface area contributed by atoms with Gasteiger partial charge in [0.05, 0.1) is 6.61 Å². The second-order valence-electron chi connectivity index (χ2n) is 3.07. The van der Waals surface area contributed by atoms with Crippen LogP contribution in [0.1, 0.15) is 5.56 Å². The molecule has 0 fully saturated rings. The van der Waals surface area contributed by atoms with Crippen LogP contribution in [0.5, 0.6) is 11.6 Å². The summed E-state index contributed by atoms with van der Waals surface area (Å²) in [5, 5.41) is 8.87. The molecule has 0 amide bonds. The average Bonchev–Trinajstić information content (AvgIpc) is 2.31. The highest BCUT2D eigenvalue weighted by Crippen LogP contribution is 2.18. The van der Waals surface area contributed by atoms with Gasteiger partial charge in [0.2, 0.25) is 5.88 Å². The van der Waals surface area contributed by atoms with E-state index in [0.717, 1.165) is 5.56 Å². The number of aromatic nitrogens is 1. The molecule has 3 nitrogen and oxygen atoms in total. The molecule has 0 saturated carbocycles. The molecule has 0 bridgehead atoms. The summed E-state index contributed by atoms with van der Waals surface area (Å²) in [5.41, 5.74) is 0.864. The Balaban J connectivity index is 2.11. The molecule has 1 N–H and O–H groups in total. The van der Waals surface area contributed by atoms with Crippen LogP contribution in [0.15, 0.2) is 48.7 Å². The molecule has 3 heteroatoms. The number of benzene rings is 1. The molecule has 1 aromatic carbocycles. The third kappa shape index (κ3) is 2.54. The van der Waals surface area contributed by atoms with Crippen LogP contribution in [0.4, 0.5) is 0 Å². The lowest BCUT2D eigenvalue weighted by molar-refractivity contribution is 0.281. The van der Waals surface area contributed by atoms with Crippen molar-refractivity contribution < 1.29 is 9.84 Å². The molecule has 1 heterocycles. The lowest BCUT2D eigenvalue weighted by Gasteiger charge is -2.04. The fraction of sp³-hybridized carbons (Fsp3) is 0.0833. The summed E-state index contributed by atoms with van der Waals surface area (Å²) in [4.78, 5) is 4.05. The van der Waals surface area contributed by atoms with Gasteiger partial charge in [0.1, 0.15) is 5.75 Å². The predicted molar refractivity (Wildman–Crippen MR) is 56.7 cm³/mol. The van der Waals surface area contributed by atoms with E-state index >= 15 is 0 Å². The molecule has 0 saturated heterocycles. The van der Waals surface area contributed by atoms with E-state index in [1.54, 1.807) is 24.4 Å². The molecule has 0 aliphatic rings. The van der Waals surface area contributed by atoms with E-state index in [1.165, 1.54) is 0 Å². The molecule has 0 radical (unpaired) electrons. The first-order valence-electron chi connectivity index (χ1n) is 4.67. The number of pyridine rings is 1. The third-order valence-corrected chi connectivity index (χ3v) is 1.97. The highest BCUT2D eigenvalue weighted by molar-refractivity contribution is 5.29. The molecule has 0 spiro atoms. The van der Waals surface area contributed by atoms with E-state index < -0.39 is 0 Å². The maximum atomic E-state index is 8.87. The molecule has 0 unspecified atom stereocenters. The maximum absolute atomic E-state index is 8.87. The van der Waals surface area contributed by atoms with Gasteiger partial charge in [-0.3, -0.25) is 0 Å². The molecule has 0 aliphatic heterocycles. The Morgan fingerprint density at radius 3 is 2.47 bits per heavy atom. The SMILES string of the molecule is OCc1ccc(Oc2ccccn2)cc1. The van der Waals surface area contributed by atoms with Crippen LogP contribution in [-0.4, -0.2) is 10.1 Å². The minimum atomic E-state index is 0.0455. The standard InChI is InChI=1S/C12H11NO2/c14-9-10-4-6-11(7-5-10)15-12-3-1-2-8-13-12/h1-8,14H,9H2. The molecule has 0 aliphatic carbocycles. The van der Waals surface area contributed by atoms with E-state index in [4.69, 9.17) is 9.84 Å². The Morgan fingerprint density at radius 2 is 1.87 bits per heavy atom. The molecule has 2 aromatic rings. The fourth-order valence-electron chi connectivity index (χ4n) is 1.19. The van der Waals surface area contributed by atoms with Gasteiger partial charge in [-0.05, 0) is 23.8 Å². The molecule has 0 atom stereocenters. The minimum Gasteiger partial charge on any atom is -0.439 e. The van der Waals surface area contributed by atoms with Crippen LogP contribution in [0, 0.1) is 0 Å². The van der Waals surface area contributed by atoms with Gasteiger partial charge in [-0.2, -0.15) is 0 Å². The normalized spacial score (nSPS) is 9.93. The van der Waals surface area contributed by atoms with Crippen molar-refractivity contribution in [2.45, 2.75) is 6.61 Å². The Bertz CT molecular complexity index is 411. The van der Waals surface area contributed by atoms with Gasteiger partial charge >= 0.3 is 0 Å². The van der Waals surface area contributed by atoms with Crippen molar-refractivity contribution in [3.8, 4) is 11.6 Å². The van der Waals surface area contributed by atoms with E-state index in [0.29, 0.717) is 11.6 Å². The van der Waals surface area contributed by atoms with E-state index in [9.17, 15) is 0 Å². The van der Waals surface area contributed by atoms with Crippen molar-refractivity contribution in [3.05, 3.63) is 54.2 Å². The molecule has 1 aromatic heterocycles. The Morgan fingerprint density at radius 1 is 1.07 bits per heavy atom. The van der Waals surface area contributed by atoms with Crippen molar-refractivity contribution in [1.82, 2.24) is 4.98 Å². The number of aliphatic hydroxyl groups excluding tert-OH is 1. The van der Waals surface area contributed by atoms with Crippen LogP contribution in [0.25, 0.3) is 0 Å². The van der Waals surface area contributed by atoms with Gasteiger partial charge in [0.25, 0.3) is 0 Å². The highest BCUT2D eigenvalue weighted by Gasteiger charge is 1.97. The van der Waals surface area contributed by atoms with Crippen molar-refractivity contribution in [1.29, 1.82) is 0 Å². The second kappa shape index (κ2) is 4.57. The van der Waals surface area contributed by atoms with Crippen LogP contribution in [0.2, 0.25) is 0 Å². The lowest BCUT2D eigenvalue weighted by atomic mass is 10.2. The van der Waals surface area contributed by atoms with Gasteiger partial charge in [0, 0.05) is 12.3 Å². The number of hydrogen-bond donors (Lipinski definition) is 1. The number of ether oxygens (including phenoxy) is 1. The first-order chi connectivity index (χ1) is 7.38. The lowest BCUT2D eigenvalue weighted by Crippen LogP contribution is -1.87. The largest absolute Gasteiger partial charge is 0.439 e. The molecule has 2 rings (SSSR count). The van der Waals surface area contributed by atoms with Gasteiger partial charge in [-0.25, -0.2) is 4.98 Å². The Kier molecular flexibility index (Phi) is 2.95. The summed E-state index contributed by atoms with van der Waals surface area (Å²) in [5.74, 6) is 1.28. The minimum absolute atomic E-state index is 0.0455. The van der Waals surface area contributed by atoms with Gasteiger partial charge < -0.3 is 9.84 Å². The molecular weight excluding hydrogens is 190 g/mol. The number of hydrogen-bond acceptors (Lipinski definition) is 3. The molecule has 76 valence electrons. The summed E-state index contributed by atoms with van der Waals surface area (Å²) in [6.07, 6.45) is 1.68. The quantitative estimate of drug-likeness (QED) is 0.828. The smallest absolute Gasteiger partial charge is 0.219 e. The summed E-state index contributed by atoms with van der Waals surface area (Å²) >= 11 is 0. The van der Waals surface area contributed by atoms with E-state index in [2.05, 4.69) is 4.98 Å². The number of aliphatic hydroxyl groups is 1. The van der Waals surface area contributed by atoms with Gasteiger partial charge in [-0.15, -0.1) is 0 Å². The number of nitrogens with zero attached hydrogens (tertiary/aromatic N) is 1. The molecule has 15 heavy (non-hydrogen) atoms. The summed E-state index contributed by atoms with van der Waals surface area (Å²) < 4.78 is 5.49.